The van der Waals surface area contributed by atoms with E-state index in [4.69, 9.17) is 10.9 Å². The number of nitrogens with zero attached hydrogens (tertiary/aromatic N) is 2. The largest absolute Gasteiger partial charge is 0.409 e. The molecule has 1 rings (SSSR count). The minimum atomic E-state index is -0.190. The predicted molar refractivity (Wildman–Crippen MR) is 84.8 cm³/mol. The summed E-state index contributed by atoms with van der Waals surface area (Å²) < 4.78 is 0. The first-order valence-corrected chi connectivity index (χ1v) is 7.16. The molecule has 0 aliphatic heterocycles. The van der Waals surface area contributed by atoms with Gasteiger partial charge >= 0.3 is 0 Å². The zero-order valence-electron chi connectivity index (χ0n) is 13.5. The number of carbonyl (C=O) groups is 1. The molecule has 21 heavy (non-hydrogen) atoms. The van der Waals surface area contributed by atoms with Crippen molar-refractivity contribution in [2.75, 3.05) is 13.1 Å². The highest BCUT2D eigenvalue weighted by Crippen LogP contribution is 2.19. The third-order valence-corrected chi connectivity index (χ3v) is 3.67. The van der Waals surface area contributed by atoms with Crippen molar-refractivity contribution in [2.24, 2.45) is 16.8 Å². The molecule has 1 unspecified atom stereocenters. The van der Waals surface area contributed by atoms with Crippen LogP contribution in [0.15, 0.2) is 17.3 Å². The zero-order chi connectivity index (χ0) is 16.2. The Morgan fingerprint density at radius 3 is 2.29 bits per heavy atom. The van der Waals surface area contributed by atoms with E-state index >= 15 is 0 Å². The highest BCUT2D eigenvalue weighted by molar-refractivity contribution is 5.97. The van der Waals surface area contributed by atoms with Gasteiger partial charge in [-0.1, -0.05) is 29.8 Å². The first-order chi connectivity index (χ1) is 9.81. The smallest absolute Gasteiger partial charge is 0.254 e. The summed E-state index contributed by atoms with van der Waals surface area (Å²) in [6.07, 6.45) is 0. The average Bonchev–Trinajstić information content (AvgIpc) is 2.42. The molecule has 1 aromatic carbocycles. The summed E-state index contributed by atoms with van der Waals surface area (Å²) in [5, 5.41) is 11.7. The van der Waals surface area contributed by atoms with E-state index in [1.807, 2.05) is 46.8 Å². The van der Waals surface area contributed by atoms with Gasteiger partial charge in [-0.2, -0.15) is 0 Å². The number of amides is 1. The van der Waals surface area contributed by atoms with Crippen LogP contribution in [-0.4, -0.2) is 34.9 Å². The van der Waals surface area contributed by atoms with Gasteiger partial charge < -0.3 is 15.8 Å². The van der Waals surface area contributed by atoms with Crippen LogP contribution in [-0.2, 0) is 0 Å². The number of nitrogens with two attached hydrogens (primary N) is 1. The Bertz CT molecular complexity index is 529. The molecule has 0 aromatic heterocycles. The third-order valence-electron chi connectivity index (χ3n) is 3.67. The van der Waals surface area contributed by atoms with Crippen molar-refractivity contribution in [1.29, 1.82) is 0 Å². The molecule has 1 atom stereocenters. The SMILES string of the molecule is CCN(CC(C)C(N)=NO)C(=O)c1c(C)cc(C)cc1C. The highest BCUT2D eigenvalue weighted by atomic mass is 16.4. The lowest BCUT2D eigenvalue weighted by molar-refractivity contribution is 0.0752. The van der Waals surface area contributed by atoms with Crippen LogP contribution < -0.4 is 5.73 Å². The maximum absolute atomic E-state index is 12.8. The molecule has 5 nitrogen and oxygen atoms in total. The van der Waals surface area contributed by atoms with Crippen LogP contribution in [0, 0.1) is 26.7 Å². The lowest BCUT2D eigenvalue weighted by Crippen LogP contribution is -2.39. The van der Waals surface area contributed by atoms with E-state index < -0.39 is 0 Å². The van der Waals surface area contributed by atoms with E-state index in [9.17, 15) is 4.79 Å². The number of aryl methyl sites for hydroxylation is 3. The second-order valence-corrected chi connectivity index (χ2v) is 5.54. The van der Waals surface area contributed by atoms with Crippen LogP contribution in [0.2, 0.25) is 0 Å². The minimum absolute atomic E-state index is 0.00918. The van der Waals surface area contributed by atoms with Crippen molar-refractivity contribution < 1.29 is 10.0 Å². The molecule has 116 valence electrons. The average molecular weight is 291 g/mol. The van der Waals surface area contributed by atoms with Gasteiger partial charge in [0.25, 0.3) is 5.91 Å². The molecule has 0 saturated carbocycles. The summed E-state index contributed by atoms with van der Waals surface area (Å²) in [6, 6.07) is 4.03. The molecule has 0 fully saturated rings. The van der Waals surface area contributed by atoms with Gasteiger partial charge in [0.05, 0.1) is 0 Å². The molecule has 5 heteroatoms. The molecule has 0 aliphatic rings. The minimum Gasteiger partial charge on any atom is -0.409 e. The summed E-state index contributed by atoms with van der Waals surface area (Å²) in [6.45, 7) is 10.7. The Morgan fingerprint density at radius 2 is 1.86 bits per heavy atom. The van der Waals surface area contributed by atoms with Crippen LogP contribution in [0.4, 0.5) is 0 Å². The summed E-state index contributed by atoms with van der Waals surface area (Å²) in [4.78, 5) is 14.5. The second kappa shape index (κ2) is 7.11. The van der Waals surface area contributed by atoms with E-state index in [0.717, 1.165) is 22.3 Å². The molecule has 0 bridgehead atoms. The van der Waals surface area contributed by atoms with E-state index in [2.05, 4.69) is 5.16 Å². The molecule has 1 aromatic rings. The number of amidine groups is 1. The van der Waals surface area contributed by atoms with Crippen molar-refractivity contribution in [3.05, 3.63) is 34.4 Å². The fourth-order valence-corrected chi connectivity index (χ4v) is 2.55. The lowest BCUT2D eigenvalue weighted by Gasteiger charge is -2.25. The fraction of sp³-hybridized carbons (Fsp3) is 0.500. The maximum Gasteiger partial charge on any atom is 0.254 e. The van der Waals surface area contributed by atoms with E-state index in [1.165, 1.54) is 0 Å². The molecule has 0 aliphatic carbocycles. The molecule has 0 saturated heterocycles. The van der Waals surface area contributed by atoms with Gasteiger partial charge in [0.15, 0.2) is 0 Å². The number of oxime groups is 1. The van der Waals surface area contributed by atoms with Crippen LogP contribution in [0.5, 0.6) is 0 Å². The number of rotatable bonds is 5. The standard InChI is InChI=1S/C16H25N3O2/c1-6-19(9-13(5)15(17)18-21)16(20)14-11(3)7-10(2)8-12(14)4/h7-8,13,21H,6,9H2,1-5H3,(H2,17,18). The summed E-state index contributed by atoms with van der Waals surface area (Å²) in [7, 11) is 0. The second-order valence-electron chi connectivity index (χ2n) is 5.54. The number of hydrogen-bond acceptors (Lipinski definition) is 3. The fourth-order valence-electron chi connectivity index (χ4n) is 2.55. The Morgan fingerprint density at radius 1 is 1.33 bits per heavy atom. The van der Waals surface area contributed by atoms with Gasteiger partial charge in [-0.05, 0) is 38.8 Å². The number of hydrogen-bond donors (Lipinski definition) is 2. The lowest BCUT2D eigenvalue weighted by atomic mass is 9.98. The van der Waals surface area contributed by atoms with Crippen molar-refractivity contribution in [3.8, 4) is 0 Å². The Balaban J connectivity index is 3.05. The van der Waals surface area contributed by atoms with Crippen LogP contribution in [0.1, 0.15) is 40.9 Å². The molecule has 3 N–H and O–H groups in total. The van der Waals surface area contributed by atoms with Crippen LogP contribution in [0.25, 0.3) is 0 Å². The maximum atomic E-state index is 12.8. The summed E-state index contributed by atoms with van der Waals surface area (Å²) in [5.41, 5.74) is 9.45. The van der Waals surface area contributed by atoms with E-state index in [0.29, 0.717) is 13.1 Å². The zero-order valence-corrected chi connectivity index (χ0v) is 13.5. The van der Waals surface area contributed by atoms with Crippen LogP contribution in [0.3, 0.4) is 0 Å². The Hall–Kier alpha value is -2.04. The van der Waals surface area contributed by atoms with Crippen molar-refractivity contribution in [2.45, 2.75) is 34.6 Å². The van der Waals surface area contributed by atoms with Gasteiger partial charge in [-0.25, -0.2) is 0 Å². The highest BCUT2D eigenvalue weighted by Gasteiger charge is 2.21. The quantitative estimate of drug-likeness (QED) is 0.378. The van der Waals surface area contributed by atoms with Gasteiger partial charge in [0.2, 0.25) is 0 Å². The molecule has 0 spiro atoms. The molecule has 0 radical (unpaired) electrons. The molecule has 0 heterocycles. The summed E-state index contributed by atoms with van der Waals surface area (Å²) >= 11 is 0. The topological polar surface area (TPSA) is 78.9 Å². The Labute approximate surface area is 126 Å². The van der Waals surface area contributed by atoms with Crippen molar-refractivity contribution in [1.82, 2.24) is 4.90 Å². The van der Waals surface area contributed by atoms with E-state index in [1.54, 1.807) is 4.90 Å². The van der Waals surface area contributed by atoms with Gasteiger partial charge in [-0.15, -0.1) is 0 Å². The molecular formula is C16H25N3O2. The van der Waals surface area contributed by atoms with Crippen LogP contribution >= 0.6 is 0 Å². The van der Waals surface area contributed by atoms with Crippen molar-refractivity contribution in [3.63, 3.8) is 0 Å². The van der Waals surface area contributed by atoms with E-state index in [-0.39, 0.29) is 17.7 Å². The number of carbonyl (C=O) groups excluding carboxylic acids is 1. The predicted octanol–water partition coefficient (Wildman–Crippen LogP) is 2.46. The first-order valence-electron chi connectivity index (χ1n) is 7.16. The van der Waals surface area contributed by atoms with Gasteiger partial charge in [-0.3, -0.25) is 4.79 Å². The molecule has 1 amide bonds. The number of benzene rings is 1. The monoisotopic (exact) mass is 291 g/mol. The van der Waals surface area contributed by atoms with Gasteiger partial charge in [0, 0.05) is 24.6 Å². The summed E-state index contributed by atoms with van der Waals surface area (Å²) in [5.74, 6) is -0.0614. The normalized spacial score (nSPS) is 13.1. The Kier molecular flexibility index (Phi) is 5.76. The van der Waals surface area contributed by atoms with Gasteiger partial charge in [0.1, 0.15) is 5.84 Å². The van der Waals surface area contributed by atoms with Crippen molar-refractivity contribution >= 4 is 11.7 Å². The third kappa shape index (κ3) is 3.97. The first kappa shape index (κ1) is 17.0. The molecular weight excluding hydrogens is 266 g/mol.